The minimum Gasteiger partial charge on any atom is -0.414 e. The molecule has 3 fully saturated rings. The highest BCUT2D eigenvalue weighted by atomic mass is 32.2. The Morgan fingerprint density at radius 2 is 1.35 bits per heavy atom. The first kappa shape index (κ1) is 44.6. The normalized spacial score (nSPS) is 30.0. The summed E-state index contributed by atoms with van der Waals surface area (Å²) >= 11 is 0. The molecular formula is C46H78N2O4SSi2. The smallest absolute Gasteiger partial charge is 0.277 e. The lowest BCUT2D eigenvalue weighted by atomic mass is 9.50. The zero-order chi connectivity index (χ0) is 41.5. The van der Waals surface area contributed by atoms with Crippen molar-refractivity contribution in [1.29, 1.82) is 0 Å². The molecule has 1 aromatic carbocycles. The Labute approximate surface area is 339 Å². The first-order valence-electron chi connectivity index (χ1n) is 21.5. The molecule has 310 valence electrons. The van der Waals surface area contributed by atoms with E-state index in [1.165, 1.54) is 16.7 Å². The van der Waals surface area contributed by atoms with Crippen LogP contribution >= 0.6 is 0 Å². The van der Waals surface area contributed by atoms with E-state index in [0.29, 0.717) is 22.6 Å². The predicted octanol–water partition coefficient (Wildman–Crippen LogP) is 13.0. The van der Waals surface area contributed by atoms with Gasteiger partial charge in [-0.05, 0) is 121 Å². The lowest BCUT2D eigenvalue weighted by Crippen LogP contribution is -2.58. The third-order valence-electron chi connectivity index (χ3n) is 15.5. The molecule has 0 aliphatic heterocycles. The summed E-state index contributed by atoms with van der Waals surface area (Å²) in [5.41, 5.74) is 6.63. The Morgan fingerprint density at radius 1 is 0.800 bits per heavy atom. The van der Waals surface area contributed by atoms with Crippen molar-refractivity contribution in [2.75, 3.05) is 0 Å². The molecule has 0 spiro atoms. The van der Waals surface area contributed by atoms with E-state index in [9.17, 15) is 8.42 Å². The minimum atomic E-state index is -3.90. The molecule has 0 saturated heterocycles. The number of sulfonamides is 1. The molecule has 4 aliphatic carbocycles. The number of hydrazone groups is 1. The molecule has 0 unspecified atom stereocenters. The molecule has 9 heteroatoms. The Morgan fingerprint density at radius 3 is 1.85 bits per heavy atom. The second kappa shape index (κ2) is 14.9. The van der Waals surface area contributed by atoms with E-state index < -0.39 is 26.7 Å². The molecular weight excluding hydrogens is 733 g/mol. The number of benzene rings is 1. The summed E-state index contributed by atoms with van der Waals surface area (Å²) in [6, 6.07) is 4.20. The third kappa shape index (κ3) is 8.10. The third-order valence-corrected chi connectivity index (χ3v) is 25.9. The van der Waals surface area contributed by atoms with E-state index in [1.54, 1.807) is 0 Å². The zero-order valence-electron chi connectivity index (χ0n) is 38.1. The van der Waals surface area contributed by atoms with E-state index in [1.807, 2.05) is 0 Å². The molecule has 0 aromatic heterocycles. The lowest BCUT2D eigenvalue weighted by molar-refractivity contribution is -0.0370. The first-order chi connectivity index (χ1) is 25.0. The van der Waals surface area contributed by atoms with Gasteiger partial charge in [-0.1, -0.05) is 132 Å². The second-order valence-corrected chi connectivity index (χ2v) is 33.3. The fourth-order valence-electron chi connectivity index (χ4n) is 9.73. The Hall–Kier alpha value is -1.53. The van der Waals surface area contributed by atoms with Gasteiger partial charge in [0.05, 0.1) is 17.1 Å². The van der Waals surface area contributed by atoms with Crippen LogP contribution in [0.25, 0.3) is 0 Å². The van der Waals surface area contributed by atoms with Crippen LogP contribution in [0.3, 0.4) is 0 Å². The summed E-state index contributed by atoms with van der Waals surface area (Å²) in [6.45, 7) is 41.2. The van der Waals surface area contributed by atoms with Gasteiger partial charge in [-0.3, -0.25) is 0 Å². The molecule has 5 rings (SSSR count). The van der Waals surface area contributed by atoms with Crippen molar-refractivity contribution in [3.63, 3.8) is 0 Å². The maximum atomic E-state index is 14.3. The van der Waals surface area contributed by atoms with Gasteiger partial charge in [0.2, 0.25) is 0 Å². The highest BCUT2D eigenvalue weighted by Gasteiger charge is 2.60. The van der Waals surface area contributed by atoms with Crippen molar-refractivity contribution in [3.8, 4) is 0 Å². The molecule has 0 radical (unpaired) electrons. The first-order valence-corrected chi connectivity index (χ1v) is 28.8. The number of rotatable bonds is 10. The van der Waals surface area contributed by atoms with E-state index in [4.69, 9.17) is 14.0 Å². The molecule has 4 aliphatic rings. The highest BCUT2D eigenvalue weighted by molar-refractivity contribution is 7.89. The summed E-state index contributed by atoms with van der Waals surface area (Å²) in [4.78, 5) is 3.24. The van der Waals surface area contributed by atoms with E-state index in [0.717, 1.165) is 55.4 Å². The fourth-order valence-corrected chi connectivity index (χ4v) is 14.0. The predicted molar refractivity (Wildman–Crippen MR) is 238 cm³/mol. The SMILES string of the molecule is CC(C)c1cc(C(C)C)c(S(=O)(=O)N/N=C2/CC[C@H]3C4=CC=C5C[C@@H](O[Si](C)(C)C(C)(C)C)C[C@H](O[Si](C)(C)C(C)(C)C)[C@]5(C)[C@H]4CC[C@]23C)c(C(C)C)c1. The Balaban J connectivity index is 1.50. The van der Waals surface area contributed by atoms with E-state index >= 15 is 0 Å². The van der Waals surface area contributed by atoms with Crippen molar-refractivity contribution in [3.05, 3.63) is 52.1 Å². The van der Waals surface area contributed by atoms with Gasteiger partial charge in [-0.15, -0.1) is 0 Å². The summed E-state index contributed by atoms with van der Waals surface area (Å²) in [6.07, 6.45) is 10.8. The minimum absolute atomic E-state index is 0.0646. The van der Waals surface area contributed by atoms with Crippen LogP contribution in [0.15, 0.2) is 45.4 Å². The van der Waals surface area contributed by atoms with Crippen LogP contribution in [-0.2, 0) is 18.9 Å². The maximum absolute atomic E-state index is 14.3. The van der Waals surface area contributed by atoms with Gasteiger partial charge in [0.15, 0.2) is 16.6 Å². The topological polar surface area (TPSA) is 77.0 Å². The monoisotopic (exact) mass is 811 g/mol. The highest BCUT2D eigenvalue weighted by Crippen LogP contribution is 2.64. The number of nitrogens with one attached hydrogen (secondary N) is 1. The number of allylic oxidation sites excluding steroid dienone is 3. The number of nitrogens with zero attached hydrogens (tertiary/aromatic N) is 1. The van der Waals surface area contributed by atoms with Crippen molar-refractivity contribution < 1.29 is 17.3 Å². The Kier molecular flexibility index (Phi) is 12.1. The van der Waals surface area contributed by atoms with Crippen LogP contribution < -0.4 is 4.83 Å². The maximum Gasteiger partial charge on any atom is 0.277 e. The second-order valence-electron chi connectivity index (χ2n) is 22.2. The fraction of sp³-hybridized carbons (Fsp3) is 0.761. The van der Waals surface area contributed by atoms with Crippen LogP contribution in [0, 0.1) is 22.7 Å². The standard InChI is InChI=1S/C46H78N2O4SSi2/c1-29(2)32-25-36(30(3)4)42(37(26-32)31(5)6)53(49,50)48-47-40-22-21-38-35-20-19-33-27-34(51-54(15,16)43(7,8)9)28-41(52-55(17,18)44(10,11)12)46(33,14)39(35)23-24-45(38,40)13/h19-20,25-26,29-31,34,38-39,41,48H,21-24,27-28H2,1-18H3/b47-40-/t34-,38+,39+,41+,45+,46+/m1/s1. The zero-order valence-corrected chi connectivity index (χ0v) is 40.9. The summed E-state index contributed by atoms with van der Waals surface area (Å²) < 4.78 is 43.4. The van der Waals surface area contributed by atoms with Crippen LogP contribution in [0.5, 0.6) is 0 Å². The largest absolute Gasteiger partial charge is 0.414 e. The lowest BCUT2D eigenvalue weighted by Gasteiger charge is -2.59. The van der Waals surface area contributed by atoms with Crippen molar-refractivity contribution >= 4 is 32.4 Å². The molecule has 3 saturated carbocycles. The average molecular weight is 811 g/mol. The molecule has 1 N–H and O–H groups in total. The van der Waals surface area contributed by atoms with Crippen LogP contribution in [0.2, 0.25) is 36.3 Å². The number of hydrogen-bond donors (Lipinski definition) is 1. The molecule has 55 heavy (non-hydrogen) atoms. The van der Waals surface area contributed by atoms with Crippen molar-refractivity contribution in [2.24, 2.45) is 27.8 Å². The number of fused-ring (bicyclic) bond motifs is 5. The molecule has 0 heterocycles. The molecule has 6 atom stereocenters. The van der Waals surface area contributed by atoms with Crippen LogP contribution in [-0.4, -0.2) is 43.0 Å². The quantitative estimate of drug-likeness (QED) is 0.189. The summed E-state index contributed by atoms with van der Waals surface area (Å²) in [5.74, 6) is 1.14. The average Bonchev–Trinajstić information content (AvgIpc) is 3.38. The number of hydrogen-bond acceptors (Lipinski definition) is 5. The van der Waals surface area contributed by atoms with Gasteiger partial charge in [-0.25, -0.2) is 4.83 Å². The summed E-state index contributed by atoms with van der Waals surface area (Å²) in [5, 5.41) is 5.13. The van der Waals surface area contributed by atoms with Crippen LogP contribution in [0.4, 0.5) is 0 Å². The van der Waals surface area contributed by atoms with Gasteiger partial charge in [0.1, 0.15) is 0 Å². The van der Waals surface area contributed by atoms with Gasteiger partial charge in [-0.2, -0.15) is 13.5 Å². The van der Waals surface area contributed by atoms with E-state index in [2.05, 4.69) is 152 Å². The van der Waals surface area contributed by atoms with Crippen molar-refractivity contribution in [2.45, 2.75) is 207 Å². The van der Waals surface area contributed by atoms with Gasteiger partial charge in [0.25, 0.3) is 10.0 Å². The van der Waals surface area contributed by atoms with Gasteiger partial charge < -0.3 is 8.85 Å². The molecule has 0 amide bonds. The molecule has 0 bridgehead atoms. The van der Waals surface area contributed by atoms with E-state index in [-0.39, 0.29) is 45.0 Å². The van der Waals surface area contributed by atoms with Gasteiger partial charge in [0, 0.05) is 16.5 Å². The summed E-state index contributed by atoms with van der Waals surface area (Å²) in [7, 11) is -8.00. The van der Waals surface area contributed by atoms with Gasteiger partial charge >= 0.3 is 0 Å². The van der Waals surface area contributed by atoms with Crippen molar-refractivity contribution in [1.82, 2.24) is 4.83 Å². The van der Waals surface area contributed by atoms with Crippen LogP contribution in [0.1, 0.15) is 170 Å². The molecule has 6 nitrogen and oxygen atoms in total. The Bertz CT molecular complexity index is 1800. The molecule has 1 aromatic rings.